The average molecular weight is 269 g/mol. The van der Waals surface area contributed by atoms with Crippen LogP contribution in [-0.2, 0) is 9.53 Å². The summed E-state index contributed by atoms with van der Waals surface area (Å²) in [5.74, 6) is -0.0958. The first-order valence-corrected chi connectivity index (χ1v) is 7.07. The quantitative estimate of drug-likeness (QED) is 0.307. The molecule has 19 heavy (non-hydrogen) atoms. The molecule has 0 aromatic rings. The summed E-state index contributed by atoms with van der Waals surface area (Å²) in [5.41, 5.74) is 4.91. The third kappa shape index (κ3) is 3.00. The summed E-state index contributed by atoms with van der Waals surface area (Å²) < 4.78 is 5.59. The normalized spacial score (nSPS) is 27.2. The lowest BCUT2D eigenvalue weighted by molar-refractivity contribution is -0.128. The van der Waals surface area contributed by atoms with Crippen LogP contribution in [0.1, 0.15) is 44.9 Å². The maximum Gasteiger partial charge on any atom is 0.234 e. The fraction of sp³-hybridized carbons (Fsp3) is 0.846. The Labute approximate surface area is 113 Å². The summed E-state index contributed by atoms with van der Waals surface area (Å²) in [6, 6.07) is 0. The molecule has 0 bridgehead atoms. The average Bonchev–Trinajstić information content (AvgIpc) is 2.96. The maximum atomic E-state index is 12.4. The van der Waals surface area contributed by atoms with Gasteiger partial charge in [0.15, 0.2) is 5.84 Å². The zero-order chi connectivity index (χ0) is 13.7. The van der Waals surface area contributed by atoms with Crippen LogP contribution in [0, 0.1) is 5.41 Å². The molecule has 4 N–H and O–H groups in total. The third-order valence-corrected chi connectivity index (χ3v) is 4.25. The molecule has 1 aliphatic carbocycles. The number of carbonyl (C=O) groups is 1. The Morgan fingerprint density at radius 1 is 1.37 bits per heavy atom. The van der Waals surface area contributed by atoms with Gasteiger partial charge in [-0.1, -0.05) is 18.0 Å². The molecule has 1 amide bonds. The van der Waals surface area contributed by atoms with Gasteiger partial charge in [-0.2, -0.15) is 0 Å². The zero-order valence-electron chi connectivity index (χ0n) is 11.2. The zero-order valence-corrected chi connectivity index (χ0v) is 11.2. The summed E-state index contributed by atoms with van der Waals surface area (Å²) in [6.07, 6.45) is 6.50. The molecule has 1 heterocycles. The molecule has 1 aliphatic heterocycles. The first-order valence-electron chi connectivity index (χ1n) is 7.07. The van der Waals surface area contributed by atoms with Gasteiger partial charge in [-0.3, -0.25) is 4.79 Å². The molecule has 0 aromatic carbocycles. The second-order valence-corrected chi connectivity index (χ2v) is 5.47. The first kappa shape index (κ1) is 14.1. The van der Waals surface area contributed by atoms with Crippen LogP contribution in [0.4, 0.5) is 0 Å². The lowest BCUT2D eigenvalue weighted by Gasteiger charge is -2.28. The number of nitrogens with zero attached hydrogens (tertiary/aromatic N) is 1. The summed E-state index contributed by atoms with van der Waals surface area (Å²) in [5, 5.41) is 14.9. The van der Waals surface area contributed by atoms with Crippen molar-refractivity contribution in [2.75, 3.05) is 13.2 Å². The number of carbonyl (C=O) groups excluding carboxylic acids is 1. The number of hydrogen-bond acceptors (Lipinski definition) is 4. The maximum absolute atomic E-state index is 12.4. The highest BCUT2D eigenvalue weighted by Gasteiger charge is 2.45. The van der Waals surface area contributed by atoms with E-state index in [9.17, 15) is 4.79 Å². The SMILES string of the molecule is NC(=NO)C1(C(=O)NCC2CCCCO2)CCCC1. The molecule has 1 unspecified atom stereocenters. The fourth-order valence-electron chi connectivity index (χ4n) is 3.02. The molecular weight excluding hydrogens is 246 g/mol. The molecule has 0 radical (unpaired) electrons. The van der Waals surface area contributed by atoms with Gasteiger partial charge in [-0.15, -0.1) is 0 Å². The molecule has 2 fully saturated rings. The molecule has 108 valence electrons. The molecule has 1 saturated carbocycles. The first-order chi connectivity index (χ1) is 9.19. The van der Waals surface area contributed by atoms with E-state index in [-0.39, 0.29) is 17.8 Å². The van der Waals surface area contributed by atoms with Crippen molar-refractivity contribution >= 4 is 11.7 Å². The molecule has 0 aromatic heterocycles. The third-order valence-electron chi connectivity index (χ3n) is 4.25. The van der Waals surface area contributed by atoms with E-state index in [1.165, 1.54) is 0 Å². The van der Waals surface area contributed by atoms with Crippen LogP contribution in [-0.4, -0.2) is 36.2 Å². The van der Waals surface area contributed by atoms with Crippen LogP contribution in [0.5, 0.6) is 0 Å². The van der Waals surface area contributed by atoms with Gasteiger partial charge in [-0.05, 0) is 32.1 Å². The summed E-state index contributed by atoms with van der Waals surface area (Å²) in [7, 11) is 0. The van der Waals surface area contributed by atoms with Gasteiger partial charge in [0.25, 0.3) is 0 Å². The minimum absolute atomic E-state index is 0.0343. The largest absolute Gasteiger partial charge is 0.409 e. The number of oxime groups is 1. The van der Waals surface area contributed by atoms with Crippen molar-refractivity contribution in [1.82, 2.24) is 5.32 Å². The van der Waals surface area contributed by atoms with Crippen molar-refractivity contribution in [3.05, 3.63) is 0 Å². The number of ether oxygens (including phenoxy) is 1. The van der Waals surface area contributed by atoms with Gasteiger partial charge in [0.1, 0.15) is 5.41 Å². The van der Waals surface area contributed by atoms with Crippen molar-refractivity contribution in [3.8, 4) is 0 Å². The van der Waals surface area contributed by atoms with Crippen LogP contribution in [0.2, 0.25) is 0 Å². The Kier molecular flexibility index (Phi) is 4.63. The van der Waals surface area contributed by atoms with Crippen molar-refractivity contribution in [1.29, 1.82) is 0 Å². The highest BCUT2D eigenvalue weighted by atomic mass is 16.5. The van der Waals surface area contributed by atoms with Gasteiger partial charge in [0.2, 0.25) is 5.91 Å². The Balaban J connectivity index is 1.92. The Morgan fingerprint density at radius 2 is 2.11 bits per heavy atom. The molecule has 2 rings (SSSR count). The number of amidine groups is 1. The number of rotatable bonds is 4. The predicted octanol–water partition coefficient (Wildman–Crippen LogP) is 0.978. The summed E-state index contributed by atoms with van der Waals surface area (Å²) in [4.78, 5) is 12.4. The van der Waals surface area contributed by atoms with E-state index in [0.29, 0.717) is 19.4 Å². The molecular formula is C13H23N3O3. The Bertz CT molecular complexity index is 345. The second kappa shape index (κ2) is 6.23. The highest BCUT2D eigenvalue weighted by Crippen LogP contribution is 2.38. The number of hydrogen-bond donors (Lipinski definition) is 3. The fourth-order valence-corrected chi connectivity index (χ4v) is 3.02. The van der Waals surface area contributed by atoms with E-state index in [2.05, 4.69) is 10.5 Å². The van der Waals surface area contributed by atoms with Gasteiger partial charge in [0.05, 0.1) is 6.10 Å². The number of amides is 1. The van der Waals surface area contributed by atoms with Gasteiger partial charge < -0.3 is 21.0 Å². The van der Waals surface area contributed by atoms with Crippen LogP contribution in [0.15, 0.2) is 5.16 Å². The van der Waals surface area contributed by atoms with Crippen LogP contribution < -0.4 is 11.1 Å². The second-order valence-electron chi connectivity index (χ2n) is 5.47. The van der Waals surface area contributed by atoms with E-state index in [0.717, 1.165) is 38.7 Å². The van der Waals surface area contributed by atoms with Gasteiger partial charge in [-0.25, -0.2) is 0 Å². The summed E-state index contributed by atoms with van der Waals surface area (Å²) >= 11 is 0. The lowest BCUT2D eigenvalue weighted by Crippen LogP contribution is -2.50. The molecule has 1 atom stereocenters. The Hall–Kier alpha value is -1.30. The van der Waals surface area contributed by atoms with Crippen molar-refractivity contribution in [2.24, 2.45) is 16.3 Å². The van der Waals surface area contributed by atoms with E-state index in [1.54, 1.807) is 0 Å². The molecule has 6 nitrogen and oxygen atoms in total. The molecule has 6 heteroatoms. The minimum atomic E-state index is -0.816. The van der Waals surface area contributed by atoms with E-state index in [4.69, 9.17) is 15.7 Å². The van der Waals surface area contributed by atoms with Crippen molar-refractivity contribution in [3.63, 3.8) is 0 Å². The molecule has 0 spiro atoms. The van der Waals surface area contributed by atoms with E-state index >= 15 is 0 Å². The predicted molar refractivity (Wildman–Crippen MR) is 70.9 cm³/mol. The topological polar surface area (TPSA) is 96.9 Å². The smallest absolute Gasteiger partial charge is 0.234 e. The van der Waals surface area contributed by atoms with E-state index < -0.39 is 5.41 Å². The number of nitrogens with one attached hydrogen (secondary N) is 1. The highest BCUT2D eigenvalue weighted by molar-refractivity contribution is 6.07. The standard InChI is InChI=1S/C13H23N3O3/c14-11(16-18)13(6-2-3-7-13)12(17)15-9-10-5-1-4-8-19-10/h10,18H,1-9H2,(H2,14,16)(H,15,17). The number of nitrogens with two attached hydrogens (primary N) is 1. The van der Waals surface area contributed by atoms with Crippen LogP contribution in [0.3, 0.4) is 0 Å². The molecule has 1 saturated heterocycles. The van der Waals surface area contributed by atoms with Gasteiger partial charge >= 0.3 is 0 Å². The Morgan fingerprint density at radius 3 is 2.68 bits per heavy atom. The minimum Gasteiger partial charge on any atom is -0.409 e. The van der Waals surface area contributed by atoms with E-state index in [1.807, 2.05) is 0 Å². The van der Waals surface area contributed by atoms with Crippen LogP contribution >= 0.6 is 0 Å². The summed E-state index contributed by atoms with van der Waals surface area (Å²) in [6.45, 7) is 1.28. The van der Waals surface area contributed by atoms with Crippen molar-refractivity contribution in [2.45, 2.75) is 51.0 Å². The van der Waals surface area contributed by atoms with Gasteiger partial charge in [0, 0.05) is 13.2 Å². The lowest BCUT2D eigenvalue weighted by atomic mass is 9.83. The van der Waals surface area contributed by atoms with Crippen LogP contribution in [0.25, 0.3) is 0 Å². The molecule has 2 aliphatic rings. The monoisotopic (exact) mass is 269 g/mol. The van der Waals surface area contributed by atoms with Crippen molar-refractivity contribution < 1.29 is 14.7 Å².